The maximum Gasteiger partial charge on any atom is 0.244 e. The summed E-state index contributed by atoms with van der Waals surface area (Å²) in [7, 11) is 0. The minimum atomic E-state index is -1.32. The number of nitrogens with one attached hydrogen (secondary N) is 10. The van der Waals surface area contributed by atoms with Crippen LogP contribution in [0.5, 0.6) is 0 Å². The molecule has 0 saturated heterocycles. The van der Waals surface area contributed by atoms with Crippen LogP contribution in [0.4, 0.5) is 0 Å². The summed E-state index contributed by atoms with van der Waals surface area (Å²) in [5, 5.41) is 48.3. The number of thioether (sulfide) groups is 2. The first-order chi connectivity index (χ1) is 53.1. The fraction of sp³-hybridized carbons (Fsp3) is 0.872. The van der Waals surface area contributed by atoms with E-state index in [0.717, 1.165) is 77.0 Å². The lowest BCUT2D eigenvalue weighted by atomic mass is 10.1. The van der Waals surface area contributed by atoms with Crippen molar-refractivity contribution >= 4 is 82.6 Å². The Morgan fingerprint density at radius 3 is 0.691 bits per heavy atom. The molecule has 0 aliphatic heterocycles. The maximum atomic E-state index is 14.1. The molecule has 28 N–H and O–H groups in total. The van der Waals surface area contributed by atoms with Gasteiger partial charge in [-0.1, -0.05) is 168 Å². The van der Waals surface area contributed by atoms with Crippen LogP contribution in [-0.2, 0) is 47.9 Å². The first kappa shape index (κ1) is 105. The topological polar surface area (TPSA) is 540 Å². The van der Waals surface area contributed by atoms with Crippen LogP contribution >= 0.6 is 23.5 Å². The summed E-state index contributed by atoms with van der Waals surface area (Å²) in [4.78, 5) is 132. The van der Waals surface area contributed by atoms with Crippen molar-refractivity contribution in [3.05, 3.63) is 0 Å². The van der Waals surface area contributed by atoms with E-state index in [1.54, 1.807) is 0 Å². The number of unbranched alkanes of at least 4 members (excludes halogenated alkanes) is 28. The number of carbonyl (C=O) groups excluding carboxylic acids is 10. The Labute approximate surface area is 669 Å². The van der Waals surface area contributed by atoms with Crippen molar-refractivity contribution in [3.8, 4) is 0 Å². The second-order valence-corrected chi connectivity index (χ2v) is 31.8. The molecule has 0 unspecified atom stereocenters. The van der Waals surface area contributed by atoms with Gasteiger partial charge in [-0.25, -0.2) is 0 Å². The van der Waals surface area contributed by atoms with Crippen molar-refractivity contribution in [1.29, 1.82) is 0 Å². The highest BCUT2D eigenvalue weighted by Gasteiger charge is 2.31. The summed E-state index contributed by atoms with van der Waals surface area (Å²) in [6.07, 6.45) is 37.3. The van der Waals surface area contributed by atoms with Gasteiger partial charge in [-0.2, -0.15) is 23.5 Å². The van der Waals surface area contributed by atoms with Crippen LogP contribution in [0.25, 0.3) is 0 Å². The third kappa shape index (κ3) is 57.9. The molecular formula is C78H156N18O12S2. The van der Waals surface area contributed by atoms with E-state index in [4.69, 9.17) is 45.9 Å². The largest absolute Gasteiger partial charge is 0.394 e. The van der Waals surface area contributed by atoms with E-state index in [9.17, 15) is 58.2 Å². The fourth-order valence-corrected chi connectivity index (χ4v) is 14.3. The molecule has 0 aromatic rings. The van der Waals surface area contributed by atoms with E-state index in [1.807, 2.05) is 0 Å². The van der Waals surface area contributed by atoms with Crippen molar-refractivity contribution < 1.29 is 58.2 Å². The summed E-state index contributed by atoms with van der Waals surface area (Å²) in [5.74, 6) is -4.29. The van der Waals surface area contributed by atoms with E-state index >= 15 is 0 Å². The molecule has 0 aromatic heterocycles. The highest BCUT2D eigenvalue weighted by Crippen LogP contribution is 2.16. The molecule has 32 heteroatoms. The Hall–Kier alpha value is -5.00. The third-order valence-electron chi connectivity index (χ3n) is 19.4. The molecule has 0 heterocycles. The Morgan fingerprint density at radius 1 is 0.255 bits per heavy atom. The second kappa shape index (κ2) is 72.9. The molecule has 0 aromatic carbocycles. The zero-order valence-corrected chi connectivity index (χ0v) is 69.4. The zero-order chi connectivity index (χ0) is 81.6. The van der Waals surface area contributed by atoms with Crippen molar-refractivity contribution in [1.82, 2.24) is 53.2 Å². The van der Waals surface area contributed by atoms with Gasteiger partial charge < -0.3 is 109 Å². The maximum absolute atomic E-state index is 14.1. The molecule has 10 atom stereocenters. The van der Waals surface area contributed by atoms with Gasteiger partial charge >= 0.3 is 0 Å². The van der Waals surface area contributed by atoms with E-state index in [2.05, 4.69) is 67.0 Å². The van der Waals surface area contributed by atoms with Crippen LogP contribution in [0, 0.1) is 0 Å². The van der Waals surface area contributed by atoms with Crippen molar-refractivity contribution in [2.24, 2.45) is 45.9 Å². The predicted octanol–water partition coefficient (Wildman–Crippen LogP) is 3.38. The Bertz CT molecular complexity index is 2250. The highest BCUT2D eigenvalue weighted by atomic mass is 32.2. The molecule has 0 spiro atoms. The van der Waals surface area contributed by atoms with Crippen molar-refractivity contribution in [2.75, 3.05) is 88.6 Å². The highest BCUT2D eigenvalue weighted by molar-refractivity contribution is 8.03. The Morgan fingerprint density at radius 2 is 0.455 bits per heavy atom. The van der Waals surface area contributed by atoms with Gasteiger partial charge in [0.05, 0.1) is 49.5 Å². The molecule has 0 bridgehead atoms. The molecule has 0 aliphatic rings. The average Bonchev–Trinajstić information content (AvgIpc) is 0.885. The van der Waals surface area contributed by atoms with Crippen LogP contribution in [-0.4, -0.2) is 218 Å². The first-order valence-corrected chi connectivity index (χ1v) is 44.6. The van der Waals surface area contributed by atoms with E-state index in [0.29, 0.717) is 128 Å². The number of carbonyl (C=O) groups is 10. The minimum absolute atomic E-state index is 0.00195. The molecule has 0 saturated carbocycles. The molecule has 30 nitrogen and oxygen atoms in total. The predicted molar refractivity (Wildman–Crippen MR) is 446 cm³/mol. The summed E-state index contributed by atoms with van der Waals surface area (Å²) < 4.78 is 0. The number of hydrogen-bond acceptors (Lipinski definition) is 22. The zero-order valence-electron chi connectivity index (χ0n) is 67.8. The van der Waals surface area contributed by atoms with E-state index < -0.39 is 109 Å². The molecule has 642 valence electrons. The lowest BCUT2D eigenvalue weighted by molar-refractivity contribution is -0.132. The van der Waals surface area contributed by atoms with Gasteiger partial charge in [0.1, 0.15) is 24.2 Å². The summed E-state index contributed by atoms with van der Waals surface area (Å²) >= 11 is 2.56. The number of aliphatic hydroxyl groups is 2. The molecule has 0 fully saturated rings. The van der Waals surface area contributed by atoms with Gasteiger partial charge in [-0.3, -0.25) is 47.9 Å². The molecular weight excluding hydrogens is 1450 g/mol. The van der Waals surface area contributed by atoms with Gasteiger partial charge in [0.2, 0.25) is 59.1 Å². The molecule has 110 heavy (non-hydrogen) atoms. The number of rotatable bonds is 77. The van der Waals surface area contributed by atoms with Gasteiger partial charge in [0.15, 0.2) is 0 Å². The number of hydrogen-bond donors (Lipinski definition) is 20. The molecule has 0 radical (unpaired) electrons. The first-order valence-electron chi connectivity index (χ1n) is 42.3. The average molecular weight is 1600 g/mol. The fourth-order valence-electron chi connectivity index (χ4n) is 12.1. The van der Waals surface area contributed by atoms with Gasteiger partial charge in [0.25, 0.3) is 0 Å². The van der Waals surface area contributed by atoms with Gasteiger partial charge in [0, 0.05) is 62.3 Å². The normalized spacial score (nSPS) is 14.1. The lowest BCUT2D eigenvalue weighted by Crippen LogP contribution is -2.57. The van der Waals surface area contributed by atoms with Crippen LogP contribution in [0.2, 0.25) is 0 Å². The van der Waals surface area contributed by atoms with E-state index in [-0.39, 0.29) is 61.1 Å². The number of aliphatic hydroxyl groups excluding tert-OH is 2. The smallest absolute Gasteiger partial charge is 0.244 e. The summed E-state index contributed by atoms with van der Waals surface area (Å²) in [6, 6.07) is -9.91. The monoisotopic (exact) mass is 1600 g/mol. The lowest BCUT2D eigenvalue weighted by Gasteiger charge is -2.24. The van der Waals surface area contributed by atoms with Gasteiger partial charge in [-0.05, 0) is 129 Å². The number of amides is 10. The summed E-state index contributed by atoms with van der Waals surface area (Å²) in [5.41, 5.74) is 48.1. The minimum Gasteiger partial charge on any atom is -0.394 e. The quantitative estimate of drug-likeness (QED) is 0.0388. The van der Waals surface area contributed by atoms with Crippen molar-refractivity contribution in [3.63, 3.8) is 0 Å². The van der Waals surface area contributed by atoms with E-state index in [1.165, 1.54) is 126 Å². The summed E-state index contributed by atoms with van der Waals surface area (Å²) in [6.45, 7) is 6.18. The number of nitrogens with two attached hydrogens (primary N) is 8. The van der Waals surface area contributed by atoms with Crippen LogP contribution in [0.1, 0.15) is 284 Å². The Balaban J connectivity index is 5.97. The Kier molecular flexibility index (Phi) is 69.6. The molecule has 0 aliphatic carbocycles. The molecule has 10 amide bonds. The second-order valence-electron chi connectivity index (χ2n) is 29.5. The van der Waals surface area contributed by atoms with Crippen LogP contribution < -0.4 is 99.0 Å². The third-order valence-corrected chi connectivity index (χ3v) is 21.8. The SMILES string of the molecule is CCCCCCCCCCCCCCNC(=O)[C@H](CO)NC(=O)[C@H](CSCCSC[C@H](NC(=O)[C@@H](N)CCCCNC(=O)[C@@H](N)CCCCNC(=O)[C@@H](N)CCCCN)C(=O)N[C@@H](CO)C(=O)NCCCCCCCCCCCCCC)NC(=O)[C@@H](N)CCCCNC(=O)[C@@H](N)CCCCNC(=O)[C@@H](N)CCCCN. The van der Waals surface area contributed by atoms with Crippen LogP contribution in [0.15, 0.2) is 0 Å². The van der Waals surface area contributed by atoms with Gasteiger partial charge in [-0.15, -0.1) is 0 Å². The molecule has 0 rings (SSSR count). The van der Waals surface area contributed by atoms with Crippen LogP contribution in [0.3, 0.4) is 0 Å². The standard InChI is InChI=1S/C78H156N18O12S2/c1-3-5-7-9-11-13-15-17-19-21-23-33-47-91-75(105)65(55-97)93-77(107)67(95-73(103)63(85)43-29-37-51-89-71(101)61(83)41-27-35-49-87-69(99)59(81)39-25-31-45-79)57-109-53-54-110-58-68(78(108)94-66(56-98)76(106)92-48-34-24-22-20-18-16-14-12-10-8-6-4-2)96-74(104)64(86)44-30-38-52-90-72(102)62(84)42-28-36-50-88-70(100)60(82)40-26-32-46-80/h59-68,97-98H,3-58,79-86H2,1-2H3,(H,87,99)(H,88,100)(H,89,101)(H,90,102)(H,91,105)(H,92,106)(H,93,107)(H,94,108)(H,95,103)(H,96,104)/t59-,60-,61-,62-,63-,64-,65-,66-,67-,68-/m0/s1. The van der Waals surface area contributed by atoms with Crippen molar-refractivity contribution in [2.45, 2.75) is 344 Å².